The fourth-order valence-corrected chi connectivity index (χ4v) is 5.08. The molecule has 36 heavy (non-hydrogen) atoms. The number of nitrogens with one attached hydrogen (secondary N) is 2. The molecule has 0 saturated heterocycles. The molecule has 0 unspecified atom stereocenters. The Bertz CT molecular complexity index is 1470. The molecule has 11 heteroatoms. The summed E-state index contributed by atoms with van der Waals surface area (Å²) in [5.41, 5.74) is 2.76. The van der Waals surface area contributed by atoms with E-state index < -0.39 is 11.8 Å². The van der Waals surface area contributed by atoms with Gasteiger partial charge in [-0.05, 0) is 35.5 Å². The zero-order valence-electron chi connectivity index (χ0n) is 19.6. The third kappa shape index (κ3) is 5.21. The van der Waals surface area contributed by atoms with Crippen LogP contribution in [0.25, 0.3) is 31.8 Å². The Morgan fingerprint density at radius 1 is 1.06 bits per heavy atom. The van der Waals surface area contributed by atoms with Gasteiger partial charge in [0.2, 0.25) is 11.9 Å². The average molecular weight is 507 g/mol. The fraction of sp³-hybridized carbons (Fsp3) is 0.240. The van der Waals surface area contributed by atoms with Crippen molar-refractivity contribution in [3.05, 3.63) is 72.4 Å². The van der Waals surface area contributed by atoms with Gasteiger partial charge in [0.25, 0.3) is 0 Å². The van der Waals surface area contributed by atoms with Crippen LogP contribution in [0.4, 0.5) is 14.7 Å². The molecule has 0 saturated carbocycles. The van der Waals surface area contributed by atoms with Crippen LogP contribution in [0.2, 0.25) is 0 Å². The largest absolute Gasteiger partial charge is 0.352 e. The summed E-state index contributed by atoms with van der Waals surface area (Å²) >= 11 is 1.42. The lowest BCUT2D eigenvalue weighted by atomic mass is 10.00. The van der Waals surface area contributed by atoms with Crippen LogP contribution in [0.15, 0.2) is 55.1 Å². The molecule has 0 aliphatic rings. The number of thiophene rings is 1. The van der Waals surface area contributed by atoms with E-state index in [1.807, 2.05) is 24.3 Å². The quantitative estimate of drug-likeness (QED) is 0.206. The lowest BCUT2D eigenvalue weighted by molar-refractivity contribution is 0.581. The number of hydrogen-bond donors (Lipinski definition) is 2. The van der Waals surface area contributed by atoms with Gasteiger partial charge in [-0.25, -0.2) is 19.3 Å². The van der Waals surface area contributed by atoms with Crippen molar-refractivity contribution in [1.82, 2.24) is 35.3 Å². The first-order valence-corrected chi connectivity index (χ1v) is 12.4. The molecule has 0 atom stereocenters. The predicted molar refractivity (Wildman–Crippen MR) is 137 cm³/mol. The average Bonchev–Trinajstić information content (AvgIpc) is 3.56. The fourth-order valence-electron chi connectivity index (χ4n) is 3.90. The van der Waals surface area contributed by atoms with Crippen LogP contribution in [0, 0.1) is 11.8 Å². The maximum atomic E-state index is 14.8. The zero-order chi connectivity index (χ0) is 24.9. The summed E-state index contributed by atoms with van der Waals surface area (Å²) in [5, 5.41) is 15.1. The van der Waals surface area contributed by atoms with E-state index in [1.54, 1.807) is 23.3 Å². The van der Waals surface area contributed by atoms with Gasteiger partial charge >= 0.3 is 0 Å². The maximum absolute atomic E-state index is 14.8. The highest BCUT2D eigenvalue weighted by atomic mass is 32.1. The molecule has 0 aliphatic carbocycles. The maximum Gasteiger partial charge on any atom is 0.223 e. The molecule has 5 aromatic rings. The molecule has 5 rings (SSSR count). The summed E-state index contributed by atoms with van der Waals surface area (Å²) in [5.74, 6) is -0.726. The molecule has 4 aromatic heterocycles. The van der Waals surface area contributed by atoms with Gasteiger partial charge in [-0.1, -0.05) is 30.3 Å². The summed E-state index contributed by atoms with van der Waals surface area (Å²) in [6.07, 6.45) is 7.10. The molecule has 0 spiro atoms. The van der Waals surface area contributed by atoms with E-state index in [2.05, 4.69) is 42.8 Å². The minimum atomic E-state index is -0.540. The molecular formula is C25H24F2N8S. The Labute approximate surface area is 210 Å². The predicted octanol–water partition coefficient (Wildman–Crippen LogP) is 4.90. The molecule has 0 fully saturated rings. The Hall–Kier alpha value is -3.83. The van der Waals surface area contributed by atoms with E-state index in [0.717, 1.165) is 39.7 Å². The van der Waals surface area contributed by atoms with E-state index in [1.165, 1.54) is 23.6 Å². The molecule has 8 nitrogen and oxygen atoms in total. The van der Waals surface area contributed by atoms with Crippen LogP contribution < -0.4 is 10.6 Å². The Morgan fingerprint density at radius 2 is 1.97 bits per heavy atom. The van der Waals surface area contributed by atoms with E-state index >= 15 is 0 Å². The second kappa shape index (κ2) is 10.8. The minimum Gasteiger partial charge on any atom is -0.352 e. The van der Waals surface area contributed by atoms with E-state index in [9.17, 15) is 8.78 Å². The van der Waals surface area contributed by atoms with Crippen molar-refractivity contribution in [2.75, 3.05) is 18.4 Å². The van der Waals surface area contributed by atoms with Gasteiger partial charge in [-0.3, -0.25) is 4.68 Å². The number of rotatable bonds is 10. The SMILES string of the molecule is CCCNCc1cnc(F)cc1-c1cccc2cc(-c3nc(NCCn4ccnn4)ncc3F)sc12. The first kappa shape index (κ1) is 23.9. The minimum absolute atomic E-state index is 0.214. The molecule has 2 N–H and O–H groups in total. The first-order chi connectivity index (χ1) is 17.6. The topological polar surface area (TPSA) is 93.4 Å². The third-order valence-electron chi connectivity index (χ3n) is 5.60. The van der Waals surface area contributed by atoms with Gasteiger partial charge in [0.05, 0.1) is 23.8 Å². The van der Waals surface area contributed by atoms with E-state index in [-0.39, 0.29) is 5.69 Å². The Balaban J connectivity index is 1.47. The second-order valence-corrected chi connectivity index (χ2v) is 9.21. The van der Waals surface area contributed by atoms with Crippen LogP contribution >= 0.6 is 11.3 Å². The van der Waals surface area contributed by atoms with Crippen molar-refractivity contribution in [2.45, 2.75) is 26.4 Å². The standard InChI is InChI=1S/C25H24F2N8S/c1-2-6-28-13-17-14-30-22(27)12-19(17)18-5-3-4-16-11-21(36-24(16)18)23-20(26)15-31-25(33-23)29-7-9-35-10-8-32-34-35/h3-5,8,10-12,14-15,28H,2,6-7,9,13H2,1H3,(H,29,31,33). The summed E-state index contributed by atoms with van der Waals surface area (Å²) in [7, 11) is 0. The van der Waals surface area contributed by atoms with Crippen molar-refractivity contribution in [3.8, 4) is 21.7 Å². The van der Waals surface area contributed by atoms with Crippen molar-refractivity contribution >= 4 is 27.4 Å². The molecule has 0 bridgehead atoms. The molecular weight excluding hydrogens is 482 g/mol. The lowest BCUT2D eigenvalue weighted by Crippen LogP contribution is -2.14. The van der Waals surface area contributed by atoms with Gasteiger partial charge in [0, 0.05) is 41.8 Å². The third-order valence-corrected chi connectivity index (χ3v) is 6.79. The van der Waals surface area contributed by atoms with Crippen molar-refractivity contribution in [1.29, 1.82) is 0 Å². The molecule has 0 radical (unpaired) electrons. The van der Waals surface area contributed by atoms with Crippen LogP contribution in [0.3, 0.4) is 0 Å². The van der Waals surface area contributed by atoms with Crippen LogP contribution in [0.5, 0.6) is 0 Å². The van der Waals surface area contributed by atoms with E-state index in [4.69, 9.17) is 0 Å². The molecule has 184 valence electrons. The molecule has 4 heterocycles. The highest BCUT2D eigenvalue weighted by molar-refractivity contribution is 7.22. The van der Waals surface area contributed by atoms with Crippen LogP contribution in [0.1, 0.15) is 18.9 Å². The van der Waals surface area contributed by atoms with Crippen LogP contribution in [-0.4, -0.2) is 43.0 Å². The van der Waals surface area contributed by atoms with Gasteiger partial charge < -0.3 is 10.6 Å². The summed E-state index contributed by atoms with van der Waals surface area (Å²) in [6.45, 7) is 4.60. The van der Waals surface area contributed by atoms with Gasteiger partial charge in [-0.15, -0.1) is 16.4 Å². The number of pyridine rings is 1. The van der Waals surface area contributed by atoms with Crippen molar-refractivity contribution < 1.29 is 8.78 Å². The number of hydrogen-bond acceptors (Lipinski definition) is 8. The van der Waals surface area contributed by atoms with Gasteiger partial charge in [0.1, 0.15) is 5.69 Å². The Morgan fingerprint density at radius 3 is 2.81 bits per heavy atom. The number of anilines is 1. The van der Waals surface area contributed by atoms with Crippen molar-refractivity contribution in [2.24, 2.45) is 0 Å². The second-order valence-electron chi connectivity index (χ2n) is 8.16. The molecule has 0 amide bonds. The summed E-state index contributed by atoms with van der Waals surface area (Å²) in [6, 6.07) is 9.19. The summed E-state index contributed by atoms with van der Waals surface area (Å²) in [4.78, 5) is 13.0. The van der Waals surface area contributed by atoms with Gasteiger partial charge in [0.15, 0.2) is 5.82 Å². The van der Waals surface area contributed by atoms with Crippen LogP contribution in [-0.2, 0) is 13.1 Å². The monoisotopic (exact) mass is 506 g/mol. The number of halogens is 2. The lowest BCUT2D eigenvalue weighted by Gasteiger charge is -2.11. The van der Waals surface area contributed by atoms with Crippen molar-refractivity contribution in [3.63, 3.8) is 0 Å². The highest BCUT2D eigenvalue weighted by Gasteiger charge is 2.17. The number of aromatic nitrogens is 6. The summed E-state index contributed by atoms with van der Waals surface area (Å²) < 4.78 is 31.6. The van der Waals surface area contributed by atoms with E-state index in [0.29, 0.717) is 30.5 Å². The van der Waals surface area contributed by atoms with Gasteiger partial charge in [-0.2, -0.15) is 4.39 Å². The normalized spacial score (nSPS) is 11.3. The first-order valence-electron chi connectivity index (χ1n) is 11.6. The zero-order valence-corrected chi connectivity index (χ0v) is 20.4. The molecule has 0 aliphatic heterocycles. The number of fused-ring (bicyclic) bond motifs is 1. The highest BCUT2D eigenvalue weighted by Crippen LogP contribution is 2.40. The molecule has 1 aromatic carbocycles. The number of nitrogens with zero attached hydrogens (tertiary/aromatic N) is 6. The number of benzene rings is 1. The Kier molecular flexibility index (Phi) is 7.19. The smallest absolute Gasteiger partial charge is 0.223 e.